The average molecular weight is 1410 g/mol. The number of nitrogens with two attached hydrogens (primary N) is 1. The summed E-state index contributed by atoms with van der Waals surface area (Å²) >= 11 is 3.07. The van der Waals surface area contributed by atoms with Crippen LogP contribution < -0.4 is 18.0 Å². The van der Waals surface area contributed by atoms with Gasteiger partial charge in [-0.1, -0.05) is 68.7 Å². The Morgan fingerprint density at radius 2 is 0.986 bits per heavy atom. The Morgan fingerprint density at radius 3 is 1.17 bits per heavy atom. The number of aliphatic hydroxyl groups excluding tert-OH is 2. The average Bonchev–Trinajstić information content (AvgIpc) is 3.55. The van der Waals surface area contributed by atoms with Gasteiger partial charge >= 0.3 is 0 Å². The van der Waals surface area contributed by atoms with Gasteiger partial charge in [0.05, 0.1) is 23.8 Å². The molecule has 3 unspecified atom stereocenters. The first-order valence-corrected chi connectivity index (χ1v) is 20.1. The predicted molar refractivity (Wildman–Crippen MR) is 253 cm³/mol. The molecule has 0 bridgehead atoms. The normalized spacial score (nSPS) is 9.33. The van der Waals surface area contributed by atoms with Crippen LogP contribution in [0.25, 0.3) is 0 Å². The number of alkyl halides is 1. The molecule has 1 aromatic rings. The first kappa shape index (κ1) is 110. The van der Waals surface area contributed by atoms with Crippen molar-refractivity contribution in [1.82, 2.24) is 22.2 Å². The van der Waals surface area contributed by atoms with Crippen LogP contribution in [0.2, 0.25) is 0 Å². The summed E-state index contributed by atoms with van der Waals surface area (Å²) in [4.78, 5) is 124. The van der Waals surface area contributed by atoms with E-state index in [-0.39, 0.29) is 202 Å². The number of aliphatic carboxylic acids is 3. The summed E-state index contributed by atoms with van der Waals surface area (Å²) in [5.74, 6) is -2.68. The molecule has 0 aliphatic heterocycles. The molecule has 412 valence electrons. The molecule has 0 aromatic carbocycles. The van der Waals surface area contributed by atoms with E-state index in [1.165, 1.54) is 66.8 Å². The summed E-state index contributed by atoms with van der Waals surface area (Å²) in [7, 11) is 0. The number of aryl methyl sites for hydroxylation is 1. The number of allylic oxidation sites excluding steroid dienone is 1. The van der Waals surface area contributed by atoms with Crippen LogP contribution in [0, 0.1) is 13.3 Å². The van der Waals surface area contributed by atoms with E-state index in [1.807, 2.05) is 0 Å². The van der Waals surface area contributed by atoms with Crippen LogP contribution in [0.1, 0.15) is 121 Å². The van der Waals surface area contributed by atoms with Crippen molar-refractivity contribution in [2.45, 2.75) is 140 Å². The smallest absolute Gasteiger partial charge is 0.300 e. The zero-order chi connectivity index (χ0) is 54.6. The molecule has 0 aliphatic carbocycles. The van der Waals surface area contributed by atoms with E-state index in [1.54, 1.807) is 27.7 Å². The van der Waals surface area contributed by atoms with Gasteiger partial charge in [0, 0.05) is 170 Å². The molecular weight excluding hydrogens is 1330 g/mol. The van der Waals surface area contributed by atoms with Gasteiger partial charge in [0.1, 0.15) is 29.8 Å². The van der Waals surface area contributed by atoms with Gasteiger partial charge in [-0.2, -0.15) is 0 Å². The van der Waals surface area contributed by atoms with E-state index in [4.69, 9.17) is 54.9 Å². The fraction of sp³-hybridized carbons (Fsp3) is 0.595. The molecule has 1 rings (SSSR count). The number of carbonyl (C=O) groups excluding carboxylic acids is 8. The van der Waals surface area contributed by atoms with E-state index < -0.39 is 35.9 Å². The molecule has 0 aliphatic rings. The number of aromatic nitrogens is 1. The molecule has 72 heavy (non-hydrogen) atoms. The Bertz CT molecular complexity index is 1510. The minimum atomic E-state index is -0.864. The Labute approximate surface area is 533 Å². The van der Waals surface area contributed by atoms with Crippen molar-refractivity contribution in [2.75, 3.05) is 26.2 Å². The first-order chi connectivity index (χ1) is 30.3. The first-order valence-electron chi connectivity index (χ1n) is 19.2. The van der Waals surface area contributed by atoms with Crippen molar-refractivity contribution in [2.24, 2.45) is 5.73 Å². The predicted octanol–water partition coefficient (Wildman–Crippen LogP) is 3.67. The second kappa shape index (κ2) is 83.3. The molecule has 4 radical (unpaired) electrons. The monoisotopic (exact) mass is 1410 g/mol. The maximum absolute atomic E-state index is 10.8. The van der Waals surface area contributed by atoms with E-state index in [9.17, 15) is 38.4 Å². The number of hydrogen-bond donors (Lipinski definition) is 8. The van der Waals surface area contributed by atoms with Crippen LogP contribution in [-0.4, -0.2) is 151 Å². The number of Topliss-reactive ketones (excluding diaryl/α,β-unsaturated/α-hetero) is 5. The van der Waals surface area contributed by atoms with Gasteiger partial charge in [-0.05, 0) is 87.2 Å². The summed E-state index contributed by atoms with van der Waals surface area (Å²) in [5.41, 5.74) is 6.25. The van der Waals surface area contributed by atoms with Crippen LogP contribution in [-0.2, 0) is 204 Å². The maximum Gasteiger partial charge on any atom is 0.300 e. The molecule has 3 atom stereocenters. The molecule has 0 saturated heterocycles. The molecule has 1 aromatic heterocycles. The number of ketones is 6. The SMILES string of the molecule is CC(=O)/C=C(\N)C(C)O[C-]=O.CC(=O)CC(=O)C(C)Br.CC(=O)CC(=O)C(C)O[C-]=O.CC(=O)Cc1n[c-]oc1C.CC(=O)O.CC(=O)O.CC(=O)O.CCN(CC)CC.CCO.N.N.O=[C-]O.[Y].[Y].[Y].[Y]. The Morgan fingerprint density at radius 1 is 0.694 bits per heavy atom. The number of rotatable bonds is 17. The zero-order valence-electron chi connectivity index (χ0n) is 44.2. The van der Waals surface area contributed by atoms with Crippen molar-refractivity contribution >= 4 is 88.0 Å². The standard InChI is InChI=1S/C7H10NO3.C7H8NO2.C7H9O4.C6H9BrO2.C6H15N.3C2H4O2.C2H6O.CHO2.2H3N.4Y/c1-5(10)3-7(8)6(2)11-4-9;1-5(9)3-7-6(2)10-4-8-7;1-5(9)3-7(10)6(2)11-4-8;1-4(8)3-6(9)5(2)7;1-4-7(5-2)6-3;3*1-2(3)4;1-2-3;2-1-3;;;;;;/h3,6H,8H2,1-2H3;3H2,1-2H3;6H,3H2,1-2H3;5H,3H2,1-2H3;4-6H2,1-3H3;3*1H3,(H,3,4);3H,2H2,1H3;(H,2,3);2*1H3;;;;/q3*-1;;;;;;;-1;;;;;;/b7-3-;;;;;;;;;;;;;;;. The van der Waals surface area contributed by atoms with Crippen molar-refractivity contribution in [3.8, 4) is 0 Å². The second-order valence-corrected chi connectivity index (χ2v) is 13.4. The van der Waals surface area contributed by atoms with Gasteiger partial charge in [-0.15, -0.1) is 0 Å². The fourth-order valence-electron chi connectivity index (χ4n) is 2.76. The number of carbonyl (C=O) groups is 9. The third-order valence-corrected chi connectivity index (χ3v) is 6.09. The topological polar surface area (TPSA) is 450 Å². The molecule has 25 nitrogen and oxygen atoms in total. The van der Waals surface area contributed by atoms with E-state index >= 15 is 0 Å². The molecule has 0 spiro atoms. The van der Waals surface area contributed by atoms with Gasteiger partial charge < -0.3 is 86.5 Å². The van der Waals surface area contributed by atoms with Crippen molar-refractivity contribution in [1.29, 1.82) is 0 Å². The maximum atomic E-state index is 10.8. The number of halogens is 1. The fourth-order valence-corrected chi connectivity index (χ4v) is 2.92. The summed E-state index contributed by atoms with van der Waals surface area (Å²) in [5, 5.41) is 36.6. The molecule has 1 heterocycles. The Kier molecular flexibility index (Phi) is 128. The number of oxazole rings is 1. The number of nitrogens with zero attached hydrogens (tertiary/aromatic N) is 2. The molecule has 0 fully saturated rings. The number of hydrogen-bond acceptors (Lipinski definition) is 21. The summed E-state index contributed by atoms with van der Waals surface area (Å²) < 4.78 is 13.3. The number of aliphatic hydroxyl groups is 1. The van der Waals surface area contributed by atoms with Gasteiger partial charge in [0.15, 0.2) is 17.3 Å². The van der Waals surface area contributed by atoms with Gasteiger partial charge in [-0.25, -0.2) is 0 Å². The zero-order valence-corrected chi connectivity index (χ0v) is 57.1. The molecule has 0 saturated carbocycles. The van der Waals surface area contributed by atoms with Gasteiger partial charge in [0.25, 0.3) is 17.9 Å². The second-order valence-electron chi connectivity index (χ2n) is 12.0. The number of ether oxygens (including phenoxy) is 2. The van der Waals surface area contributed by atoms with Crippen LogP contribution >= 0.6 is 15.9 Å². The molecule has 30 heteroatoms. The van der Waals surface area contributed by atoms with Gasteiger partial charge in [-0.3, -0.25) is 38.4 Å². The quantitative estimate of drug-likeness (QED) is 0.0477. The Balaban J connectivity index is -0.0000000394. The summed E-state index contributed by atoms with van der Waals surface area (Å²) in [6.07, 6.45) is 2.29. The summed E-state index contributed by atoms with van der Waals surface area (Å²) in [6, 6.07) is 0. The van der Waals surface area contributed by atoms with E-state index in [0.29, 0.717) is 24.3 Å². The van der Waals surface area contributed by atoms with Crippen molar-refractivity contribution < 1.29 is 228 Å². The third kappa shape index (κ3) is 133. The van der Waals surface area contributed by atoms with E-state index in [0.717, 1.165) is 27.2 Å². The molecule has 0 amide bonds. The van der Waals surface area contributed by atoms with Crippen molar-refractivity contribution in [3.05, 3.63) is 29.6 Å². The van der Waals surface area contributed by atoms with E-state index in [2.05, 4.69) is 62.5 Å². The molecule has 13 N–H and O–H groups in total. The van der Waals surface area contributed by atoms with Crippen molar-refractivity contribution in [3.63, 3.8) is 0 Å². The largest absolute Gasteiger partial charge is 0.665 e. The van der Waals surface area contributed by atoms with Gasteiger partial charge in [0.2, 0.25) is 0 Å². The minimum absolute atomic E-state index is 0. The van der Waals surface area contributed by atoms with Crippen LogP contribution in [0.5, 0.6) is 0 Å². The summed E-state index contributed by atoms with van der Waals surface area (Å²) in [6.45, 7) is 30.2. The number of carboxylic acid groups (broad SMARTS) is 3. The number of carboxylic acids is 3. The third-order valence-electron chi connectivity index (χ3n) is 5.58. The van der Waals surface area contributed by atoms with Crippen LogP contribution in [0.3, 0.4) is 0 Å². The Hall–Kier alpha value is -1.67. The molecular formula is C42H76BrN5O20Y4-4. The minimum Gasteiger partial charge on any atom is -0.665 e. The van der Waals surface area contributed by atoms with Crippen LogP contribution in [0.15, 0.2) is 16.2 Å². The van der Waals surface area contributed by atoms with Crippen LogP contribution in [0.4, 0.5) is 0 Å².